The van der Waals surface area contributed by atoms with Gasteiger partial charge in [0.2, 0.25) is 0 Å². The molecule has 1 N–H and O–H groups in total. The van der Waals surface area contributed by atoms with Gasteiger partial charge in [0.05, 0.1) is 17.5 Å². The predicted molar refractivity (Wildman–Crippen MR) is 87.2 cm³/mol. The van der Waals surface area contributed by atoms with Crippen LogP contribution >= 0.6 is 11.6 Å². The lowest BCUT2D eigenvalue weighted by molar-refractivity contribution is 0.0853. The number of halogens is 1. The molecule has 1 atom stereocenters. The highest BCUT2D eigenvalue weighted by atomic mass is 35.5. The molecular weight excluding hydrogens is 316 g/mol. The highest BCUT2D eigenvalue weighted by molar-refractivity contribution is 6.31. The average Bonchev–Trinajstić information content (AvgIpc) is 3.17. The molecule has 1 aromatic heterocycles. The number of nitrogens with one attached hydrogen (secondary N) is 1. The first kappa shape index (κ1) is 16.0. The Kier molecular flexibility index (Phi) is 4.63. The molecule has 0 aliphatic carbocycles. The topological polar surface area (TPSA) is 69.0 Å². The summed E-state index contributed by atoms with van der Waals surface area (Å²) < 4.78 is 7.12. The summed E-state index contributed by atoms with van der Waals surface area (Å²) >= 11 is 6.15. The molecule has 1 fully saturated rings. The van der Waals surface area contributed by atoms with Crippen LogP contribution < -0.4 is 5.32 Å². The Balaban J connectivity index is 1.75. The fourth-order valence-electron chi connectivity index (χ4n) is 2.59. The molecule has 0 saturated carbocycles. The molecule has 0 spiro atoms. The van der Waals surface area contributed by atoms with Crippen LogP contribution in [0.2, 0.25) is 5.02 Å². The number of aryl methyl sites for hydroxylation is 1. The Hall–Kier alpha value is -1.92. The maximum atomic E-state index is 12.3. The van der Waals surface area contributed by atoms with Gasteiger partial charge in [-0.3, -0.25) is 4.79 Å². The fraction of sp³-hybridized carbons (Fsp3) is 0.438. The molecular formula is C16H19ClN4O2. The quantitative estimate of drug-likeness (QED) is 0.932. The van der Waals surface area contributed by atoms with E-state index in [0.29, 0.717) is 23.0 Å². The van der Waals surface area contributed by atoms with Crippen LogP contribution in [0.4, 0.5) is 0 Å². The third kappa shape index (κ3) is 3.38. The van der Waals surface area contributed by atoms with E-state index in [4.69, 9.17) is 16.3 Å². The zero-order chi connectivity index (χ0) is 16.4. The van der Waals surface area contributed by atoms with Crippen molar-refractivity contribution in [2.24, 2.45) is 0 Å². The van der Waals surface area contributed by atoms with Crippen LogP contribution in [0.5, 0.6) is 0 Å². The Morgan fingerprint density at radius 2 is 2.30 bits per heavy atom. The number of hydrogen-bond acceptors (Lipinski definition) is 4. The van der Waals surface area contributed by atoms with E-state index in [1.54, 1.807) is 4.68 Å². The second-order valence-corrected chi connectivity index (χ2v) is 6.12. The summed E-state index contributed by atoms with van der Waals surface area (Å²) in [6, 6.07) is 5.62. The van der Waals surface area contributed by atoms with Gasteiger partial charge in [-0.05, 0) is 44.4 Å². The van der Waals surface area contributed by atoms with Crippen molar-refractivity contribution in [1.82, 2.24) is 20.3 Å². The standard InChI is InChI=1S/C16H19ClN4O2/c1-10-5-6-12(8-14(10)17)21-11(2)15(19-20-21)16(22)18-9-13-4-3-7-23-13/h5-6,8,13H,3-4,7,9H2,1-2H3,(H,18,22). The number of ether oxygens (including phenoxy) is 1. The maximum Gasteiger partial charge on any atom is 0.273 e. The molecule has 2 heterocycles. The molecule has 23 heavy (non-hydrogen) atoms. The first-order valence-electron chi connectivity index (χ1n) is 7.65. The summed E-state index contributed by atoms with van der Waals surface area (Å²) in [6.07, 6.45) is 2.13. The largest absolute Gasteiger partial charge is 0.376 e. The van der Waals surface area contributed by atoms with E-state index in [2.05, 4.69) is 15.6 Å². The number of aromatic nitrogens is 3. The van der Waals surface area contributed by atoms with Crippen LogP contribution in [0, 0.1) is 13.8 Å². The smallest absolute Gasteiger partial charge is 0.273 e. The maximum absolute atomic E-state index is 12.3. The molecule has 1 aliphatic rings. The third-order valence-corrected chi connectivity index (χ3v) is 4.43. The Morgan fingerprint density at radius 3 is 3.00 bits per heavy atom. The van der Waals surface area contributed by atoms with Crippen LogP contribution in [0.1, 0.15) is 34.6 Å². The molecule has 0 bridgehead atoms. The van der Waals surface area contributed by atoms with Gasteiger partial charge in [0.15, 0.2) is 5.69 Å². The average molecular weight is 335 g/mol. The number of amides is 1. The fourth-order valence-corrected chi connectivity index (χ4v) is 2.77. The summed E-state index contributed by atoms with van der Waals surface area (Å²) in [5.74, 6) is -0.234. The summed E-state index contributed by atoms with van der Waals surface area (Å²) in [5, 5.41) is 11.6. The van der Waals surface area contributed by atoms with Gasteiger partial charge in [0.1, 0.15) is 0 Å². The lowest BCUT2D eigenvalue weighted by atomic mass is 10.2. The number of benzene rings is 1. The Morgan fingerprint density at radius 1 is 1.48 bits per heavy atom. The van der Waals surface area contributed by atoms with Crippen molar-refractivity contribution in [1.29, 1.82) is 0 Å². The molecule has 6 nitrogen and oxygen atoms in total. The second kappa shape index (κ2) is 6.68. The molecule has 1 aromatic carbocycles. The van der Waals surface area contributed by atoms with Crippen LogP contribution in [-0.4, -0.2) is 40.2 Å². The summed E-state index contributed by atoms with van der Waals surface area (Å²) in [6.45, 7) is 5.02. The molecule has 1 unspecified atom stereocenters. The number of carbonyl (C=O) groups is 1. The van der Waals surface area contributed by atoms with E-state index in [1.807, 2.05) is 32.0 Å². The molecule has 7 heteroatoms. The molecule has 1 saturated heterocycles. The third-order valence-electron chi connectivity index (χ3n) is 4.02. The molecule has 122 valence electrons. The van der Waals surface area contributed by atoms with Gasteiger partial charge in [-0.2, -0.15) is 0 Å². The summed E-state index contributed by atoms with van der Waals surface area (Å²) in [5.41, 5.74) is 2.76. The molecule has 1 aliphatic heterocycles. The van der Waals surface area contributed by atoms with Crippen molar-refractivity contribution >= 4 is 17.5 Å². The second-order valence-electron chi connectivity index (χ2n) is 5.71. The lowest BCUT2D eigenvalue weighted by Gasteiger charge is -2.10. The SMILES string of the molecule is Cc1ccc(-n2nnc(C(=O)NCC3CCCO3)c2C)cc1Cl. The van der Waals surface area contributed by atoms with Gasteiger partial charge in [-0.25, -0.2) is 4.68 Å². The van der Waals surface area contributed by atoms with Gasteiger partial charge in [-0.15, -0.1) is 5.10 Å². The minimum Gasteiger partial charge on any atom is -0.376 e. The molecule has 0 radical (unpaired) electrons. The molecule has 2 aromatic rings. The number of rotatable bonds is 4. The van der Waals surface area contributed by atoms with Crippen molar-refractivity contribution in [3.63, 3.8) is 0 Å². The van der Waals surface area contributed by atoms with Crippen LogP contribution in [0.15, 0.2) is 18.2 Å². The zero-order valence-electron chi connectivity index (χ0n) is 13.2. The van der Waals surface area contributed by atoms with Crippen molar-refractivity contribution in [2.75, 3.05) is 13.2 Å². The summed E-state index contributed by atoms with van der Waals surface area (Å²) in [7, 11) is 0. The Bertz CT molecular complexity index is 723. The van der Waals surface area contributed by atoms with Crippen molar-refractivity contribution in [2.45, 2.75) is 32.8 Å². The first-order valence-corrected chi connectivity index (χ1v) is 8.02. The van der Waals surface area contributed by atoms with E-state index < -0.39 is 0 Å². The van der Waals surface area contributed by atoms with Crippen molar-refractivity contribution < 1.29 is 9.53 Å². The van der Waals surface area contributed by atoms with Gasteiger partial charge in [0, 0.05) is 18.2 Å². The number of nitrogens with zero attached hydrogens (tertiary/aromatic N) is 3. The van der Waals surface area contributed by atoms with Crippen LogP contribution in [0.25, 0.3) is 5.69 Å². The van der Waals surface area contributed by atoms with E-state index in [-0.39, 0.29) is 12.0 Å². The van der Waals surface area contributed by atoms with E-state index in [0.717, 1.165) is 30.7 Å². The van der Waals surface area contributed by atoms with Gasteiger partial charge in [-0.1, -0.05) is 22.9 Å². The molecule has 3 rings (SSSR count). The van der Waals surface area contributed by atoms with E-state index >= 15 is 0 Å². The van der Waals surface area contributed by atoms with Gasteiger partial charge >= 0.3 is 0 Å². The van der Waals surface area contributed by atoms with Gasteiger partial charge < -0.3 is 10.1 Å². The number of carbonyl (C=O) groups excluding carboxylic acids is 1. The lowest BCUT2D eigenvalue weighted by Crippen LogP contribution is -2.32. The molecule has 1 amide bonds. The highest BCUT2D eigenvalue weighted by Crippen LogP contribution is 2.20. The zero-order valence-corrected chi connectivity index (χ0v) is 13.9. The minimum absolute atomic E-state index is 0.102. The number of hydrogen-bond donors (Lipinski definition) is 1. The normalized spacial score (nSPS) is 17.4. The van der Waals surface area contributed by atoms with Crippen molar-refractivity contribution in [3.8, 4) is 5.69 Å². The van der Waals surface area contributed by atoms with Crippen LogP contribution in [-0.2, 0) is 4.74 Å². The van der Waals surface area contributed by atoms with E-state index in [9.17, 15) is 4.79 Å². The van der Waals surface area contributed by atoms with E-state index in [1.165, 1.54) is 0 Å². The Labute approximate surface area is 139 Å². The predicted octanol–water partition coefficient (Wildman–Crippen LogP) is 2.45. The summed E-state index contributed by atoms with van der Waals surface area (Å²) in [4.78, 5) is 12.3. The first-order chi connectivity index (χ1) is 11.1. The monoisotopic (exact) mass is 334 g/mol. The minimum atomic E-state index is -0.234. The van der Waals surface area contributed by atoms with Crippen molar-refractivity contribution in [3.05, 3.63) is 40.2 Å². The highest BCUT2D eigenvalue weighted by Gasteiger charge is 2.20. The van der Waals surface area contributed by atoms with Crippen LogP contribution in [0.3, 0.4) is 0 Å². The van der Waals surface area contributed by atoms with Gasteiger partial charge in [0.25, 0.3) is 5.91 Å².